The molecule has 2 unspecified atom stereocenters. The first-order chi connectivity index (χ1) is 7.68. The molecule has 16 heavy (non-hydrogen) atoms. The molecule has 2 fully saturated rings. The Bertz CT molecular complexity index is 238. The second-order valence-corrected chi connectivity index (χ2v) is 4.72. The van der Waals surface area contributed by atoms with Gasteiger partial charge in [-0.25, -0.2) is 4.79 Å². The van der Waals surface area contributed by atoms with Crippen molar-refractivity contribution in [2.24, 2.45) is 0 Å². The quantitative estimate of drug-likeness (QED) is 0.614. The van der Waals surface area contributed by atoms with E-state index in [1.54, 1.807) is 4.90 Å². The summed E-state index contributed by atoms with van der Waals surface area (Å²) in [4.78, 5) is 15.5. The van der Waals surface area contributed by atoms with E-state index in [0.29, 0.717) is 0 Å². The van der Waals surface area contributed by atoms with E-state index in [-0.39, 0.29) is 19.1 Å². The maximum Gasteiger partial charge on any atom is 0.320 e. The first-order valence-corrected chi connectivity index (χ1v) is 6.08. The van der Waals surface area contributed by atoms with Gasteiger partial charge in [0.15, 0.2) is 0 Å². The van der Waals surface area contributed by atoms with Crippen LogP contribution in [0.3, 0.4) is 0 Å². The van der Waals surface area contributed by atoms with Gasteiger partial charge in [0.2, 0.25) is 0 Å². The van der Waals surface area contributed by atoms with E-state index >= 15 is 0 Å². The first kappa shape index (κ1) is 11.7. The van der Waals surface area contributed by atoms with Crippen molar-refractivity contribution in [3.8, 4) is 0 Å². The summed E-state index contributed by atoms with van der Waals surface area (Å²) in [6.07, 6.45) is 2.94. The Kier molecular flexibility index (Phi) is 3.66. The van der Waals surface area contributed by atoms with E-state index in [4.69, 9.17) is 0 Å². The van der Waals surface area contributed by atoms with Crippen molar-refractivity contribution in [3.63, 3.8) is 0 Å². The second kappa shape index (κ2) is 5.01. The van der Waals surface area contributed by atoms with Crippen molar-refractivity contribution >= 4 is 6.03 Å². The van der Waals surface area contributed by atoms with Gasteiger partial charge in [0, 0.05) is 13.1 Å². The van der Waals surface area contributed by atoms with E-state index in [0.717, 1.165) is 25.9 Å². The molecule has 2 N–H and O–H groups in total. The zero-order valence-electron chi connectivity index (χ0n) is 9.51. The highest BCUT2D eigenvalue weighted by atomic mass is 16.3. The van der Waals surface area contributed by atoms with E-state index < -0.39 is 12.2 Å². The standard InChI is InChI=1S/C11H20N2O3/c14-9-7-13(8-10(9)15)11(16)12-5-3-1-2-4-6-12/h9-10,14-15H,1-8H2. The van der Waals surface area contributed by atoms with Crippen molar-refractivity contribution in [1.82, 2.24) is 9.80 Å². The largest absolute Gasteiger partial charge is 0.388 e. The van der Waals surface area contributed by atoms with Crippen LogP contribution in [0.4, 0.5) is 4.79 Å². The summed E-state index contributed by atoms with van der Waals surface area (Å²) < 4.78 is 0. The summed E-state index contributed by atoms with van der Waals surface area (Å²) in [6, 6.07) is -0.0301. The molecule has 5 heteroatoms. The molecule has 0 aliphatic carbocycles. The molecular formula is C11H20N2O3. The van der Waals surface area contributed by atoms with Crippen LogP contribution in [0.25, 0.3) is 0 Å². The topological polar surface area (TPSA) is 64.0 Å². The maximum atomic E-state index is 12.1. The Morgan fingerprint density at radius 1 is 0.875 bits per heavy atom. The molecule has 0 spiro atoms. The Hall–Kier alpha value is -0.810. The Balaban J connectivity index is 1.91. The molecule has 2 atom stereocenters. The van der Waals surface area contributed by atoms with Crippen LogP contribution < -0.4 is 0 Å². The molecule has 92 valence electrons. The third kappa shape index (κ3) is 2.47. The fraction of sp³-hybridized carbons (Fsp3) is 0.909. The summed E-state index contributed by atoms with van der Waals surface area (Å²) in [7, 11) is 0. The van der Waals surface area contributed by atoms with Gasteiger partial charge in [0.25, 0.3) is 0 Å². The molecule has 0 saturated carbocycles. The smallest absolute Gasteiger partial charge is 0.320 e. The number of nitrogens with zero attached hydrogens (tertiary/aromatic N) is 2. The molecule has 2 heterocycles. The number of urea groups is 1. The lowest BCUT2D eigenvalue weighted by molar-refractivity contribution is 0.0572. The van der Waals surface area contributed by atoms with Gasteiger partial charge in [-0.15, -0.1) is 0 Å². The monoisotopic (exact) mass is 228 g/mol. The number of amides is 2. The minimum absolute atomic E-state index is 0.0301. The van der Waals surface area contributed by atoms with Crippen LogP contribution >= 0.6 is 0 Å². The molecule has 5 nitrogen and oxygen atoms in total. The predicted octanol–water partition coefficient (Wildman–Crippen LogP) is 0.0198. The van der Waals surface area contributed by atoms with Crippen molar-refractivity contribution in [2.45, 2.75) is 37.9 Å². The minimum Gasteiger partial charge on any atom is -0.388 e. The number of likely N-dealkylation sites (tertiary alicyclic amines) is 2. The Labute approximate surface area is 95.6 Å². The van der Waals surface area contributed by atoms with E-state index in [1.807, 2.05) is 4.90 Å². The number of aliphatic hydroxyl groups is 2. The number of hydrogen-bond acceptors (Lipinski definition) is 3. The van der Waals surface area contributed by atoms with Gasteiger partial charge < -0.3 is 20.0 Å². The van der Waals surface area contributed by atoms with Crippen LogP contribution in [-0.4, -0.2) is 64.4 Å². The highest BCUT2D eigenvalue weighted by Crippen LogP contribution is 2.16. The average Bonchev–Trinajstić information content (AvgIpc) is 2.51. The van der Waals surface area contributed by atoms with E-state index in [1.165, 1.54) is 12.8 Å². The fourth-order valence-corrected chi connectivity index (χ4v) is 2.39. The summed E-state index contributed by atoms with van der Waals surface area (Å²) in [5, 5.41) is 18.8. The van der Waals surface area contributed by atoms with E-state index in [2.05, 4.69) is 0 Å². The molecule has 0 aromatic carbocycles. The van der Waals surface area contributed by atoms with Gasteiger partial charge in [-0.3, -0.25) is 0 Å². The molecule has 0 aromatic heterocycles. The number of β-amino-alcohol motifs (C(OH)–C–C–N with tert-alkyl or cyclic N) is 2. The number of hydrogen-bond donors (Lipinski definition) is 2. The Morgan fingerprint density at radius 3 is 1.88 bits per heavy atom. The molecule has 0 radical (unpaired) electrons. The summed E-state index contributed by atoms with van der Waals surface area (Å²) >= 11 is 0. The normalized spacial score (nSPS) is 31.6. The van der Waals surface area contributed by atoms with Crippen LogP contribution in [0, 0.1) is 0 Å². The fourth-order valence-electron chi connectivity index (χ4n) is 2.39. The number of carbonyl (C=O) groups is 1. The molecule has 2 saturated heterocycles. The third-order valence-corrected chi connectivity index (χ3v) is 3.41. The zero-order valence-corrected chi connectivity index (χ0v) is 9.51. The van der Waals surface area contributed by atoms with Gasteiger partial charge in [0.1, 0.15) is 0 Å². The van der Waals surface area contributed by atoms with Crippen LogP contribution in [0.2, 0.25) is 0 Å². The zero-order chi connectivity index (χ0) is 11.5. The second-order valence-electron chi connectivity index (χ2n) is 4.72. The van der Waals surface area contributed by atoms with Crippen LogP contribution in [-0.2, 0) is 0 Å². The van der Waals surface area contributed by atoms with Crippen molar-refractivity contribution < 1.29 is 15.0 Å². The SMILES string of the molecule is O=C(N1CCCCCC1)N1CC(O)C(O)C1. The van der Waals surface area contributed by atoms with Crippen LogP contribution in [0.5, 0.6) is 0 Å². The molecule has 2 aliphatic rings. The van der Waals surface area contributed by atoms with Gasteiger partial charge in [0.05, 0.1) is 25.3 Å². The Morgan fingerprint density at radius 2 is 1.38 bits per heavy atom. The van der Waals surface area contributed by atoms with Crippen molar-refractivity contribution in [2.75, 3.05) is 26.2 Å². The van der Waals surface area contributed by atoms with Gasteiger partial charge >= 0.3 is 6.03 Å². The number of rotatable bonds is 0. The molecule has 2 amide bonds. The molecule has 2 rings (SSSR count). The highest BCUT2D eigenvalue weighted by Gasteiger charge is 2.34. The predicted molar refractivity (Wildman–Crippen MR) is 59.0 cm³/mol. The van der Waals surface area contributed by atoms with Gasteiger partial charge in [-0.2, -0.15) is 0 Å². The maximum absolute atomic E-state index is 12.1. The molecule has 0 bridgehead atoms. The molecular weight excluding hydrogens is 208 g/mol. The van der Waals surface area contributed by atoms with Crippen molar-refractivity contribution in [3.05, 3.63) is 0 Å². The van der Waals surface area contributed by atoms with Gasteiger partial charge in [-0.1, -0.05) is 12.8 Å². The molecule has 0 aromatic rings. The van der Waals surface area contributed by atoms with Crippen LogP contribution in [0.1, 0.15) is 25.7 Å². The van der Waals surface area contributed by atoms with Crippen LogP contribution in [0.15, 0.2) is 0 Å². The minimum atomic E-state index is -0.782. The lowest BCUT2D eigenvalue weighted by Crippen LogP contribution is -2.43. The summed E-state index contributed by atoms with van der Waals surface area (Å²) in [5.41, 5.74) is 0. The lowest BCUT2D eigenvalue weighted by Gasteiger charge is -2.26. The summed E-state index contributed by atoms with van der Waals surface area (Å²) in [6.45, 7) is 2.13. The average molecular weight is 228 g/mol. The van der Waals surface area contributed by atoms with Crippen molar-refractivity contribution in [1.29, 1.82) is 0 Å². The highest BCUT2D eigenvalue weighted by molar-refractivity contribution is 5.75. The number of carbonyl (C=O) groups excluding carboxylic acids is 1. The van der Waals surface area contributed by atoms with E-state index in [9.17, 15) is 15.0 Å². The van der Waals surface area contributed by atoms with Gasteiger partial charge in [-0.05, 0) is 12.8 Å². The molecule has 2 aliphatic heterocycles. The third-order valence-electron chi connectivity index (χ3n) is 3.41. The first-order valence-electron chi connectivity index (χ1n) is 6.08. The summed E-state index contributed by atoms with van der Waals surface area (Å²) in [5.74, 6) is 0. The lowest BCUT2D eigenvalue weighted by atomic mass is 10.2. The number of aliphatic hydroxyl groups excluding tert-OH is 2.